The quantitative estimate of drug-likeness (QED) is 0.689. The third kappa shape index (κ3) is 3.36. The molecule has 134 valence electrons. The number of pyridine rings is 1. The number of H-pyrrole nitrogens is 1. The van der Waals surface area contributed by atoms with Crippen molar-refractivity contribution in [3.05, 3.63) is 76.0 Å². The first-order valence-corrected chi connectivity index (χ1v) is 9.24. The zero-order valence-corrected chi connectivity index (χ0v) is 14.9. The highest BCUT2D eigenvalue weighted by atomic mass is 19.1. The second-order valence-electron chi connectivity index (χ2n) is 7.31. The Balaban J connectivity index is 1.46. The monoisotopic (exact) mass is 350 g/mol. The first-order chi connectivity index (χ1) is 12.6. The van der Waals surface area contributed by atoms with Gasteiger partial charge in [0.1, 0.15) is 5.82 Å². The summed E-state index contributed by atoms with van der Waals surface area (Å²) in [6.07, 6.45) is 6.09. The Kier molecular flexibility index (Phi) is 4.49. The summed E-state index contributed by atoms with van der Waals surface area (Å²) in [6, 6.07) is 13.3. The van der Waals surface area contributed by atoms with Crippen LogP contribution >= 0.6 is 0 Å². The Bertz CT molecular complexity index is 970. The van der Waals surface area contributed by atoms with Gasteiger partial charge in [-0.25, -0.2) is 4.39 Å². The minimum atomic E-state index is -0.172. The van der Waals surface area contributed by atoms with E-state index in [2.05, 4.69) is 16.4 Å². The lowest BCUT2D eigenvalue weighted by atomic mass is 9.81. The van der Waals surface area contributed by atoms with Crippen LogP contribution < -0.4 is 10.9 Å². The Hall–Kier alpha value is -2.62. The predicted octanol–water partition coefficient (Wildman–Crippen LogP) is 5.11. The van der Waals surface area contributed by atoms with Gasteiger partial charge in [0.05, 0.1) is 0 Å². The van der Waals surface area contributed by atoms with Crippen LogP contribution in [0.4, 0.5) is 10.1 Å². The molecular formula is C22H23FN2O. The van der Waals surface area contributed by atoms with Gasteiger partial charge in [-0.3, -0.25) is 4.79 Å². The van der Waals surface area contributed by atoms with Crippen LogP contribution in [0.25, 0.3) is 10.8 Å². The molecule has 0 saturated heterocycles. The summed E-state index contributed by atoms with van der Waals surface area (Å²) in [5, 5.41) is 5.36. The van der Waals surface area contributed by atoms with Crippen molar-refractivity contribution in [2.75, 3.05) is 5.32 Å². The highest BCUT2D eigenvalue weighted by Gasteiger charge is 2.22. The van der Waals surface area contributed by atoms with Crippen LogP contribution in [0.5, 0.6) is 0 Å². The van der Waals surface area contributed by atoms with Crippen molar-refractivity contribution < 1.29 is 4.39 Å². The van der Waals surface area contributed by atoms with E-state index in [1.165, 1.54) is 5.56 Å². The van der Waals surface area contributed by atoms with E-state index in [1.54, 1.807) is 18.3 Å². The second kappa shape index (κ2) is 6.94. The van der Waals surface area contributed by atoms with E-state index in [0.29, 0.717) is 12.0 Å². The Morgan fingerprint density at radius 3 is 2.50 bits per heavy atom. The molecule has 2 N–H and O–H groups in total. The average Bonchev–Trinajstić information content (AvgIpc) is 2.65. The molecule has 0 amide bonds. The van der Waals surface area contributed by atoms with E-state index in [1.807, 2.05) is 31.2 Å². The van der Waals surface area contributed by atoms with Crippen molar-refractivity contribution in [2.24, 2.45) is 0 Å². The lowest BCUT2D eigenvalue weighted by Gasteiger charge is -2.30. The minimum absolute atomic E-state index is 0.0445. The summed E-state index contributed by atoms with van der Waals surface area (Å²) in [6.45, 7) is 2.04. The third-order valence-corrected chi connectivity index (χ3v) is 5.55. The van der Waals surface area contributed by atoms with Crippen molar-refractivity contribution in [3.8, 4) is 0 Å². The molecule has 0 aliphatic heterocycles. The molecule has 0 bridgehead atoms. The maximum atomic E-state index is 13.1. The number of aromatic nitrogens is 1. The number of halogens is 1. The van der Waals surface area contributed by atoms with Crippen LogP contribution in [-0.4, -0.2) is 11.0 Å². The van der Waals surface area contributed by atoms with Crippen LogP contribution in [0.2, 0.25) is 0 Å². The maximum absolute atomic E-state index is 13.1. The zero-order valence-electron chi connectivity index (χ0n) is 14.9. The molecule has 3 nitrogen and oxygen atoms in total. The molecule has 0 atom stereocenters. The molecule has 1 saturated carbocycles. The molecule has 1 fully saturated rings. The molecule has 0 radical (unpaired) electrons. The van der Waals surface area contributed by atoms with Crippen molar-refractivity contribution in [3.63, 3.8) is 0 Å². The largest absolute Gasteiger partial charge is 0.382 e. The SMILES string of the molecule is Cc1cc2c(=O)[nH]ccc2cc1NC1CCC(c2ccc(F)cc2)CC1. The number of hydrogen-bond acceptors (Lipinski definition) is 2. The first kappa shape index (κ1) is 16.8. The molecule has 4 rings (SSSR count). The van der Waals surface area contributed by atoms with Gasteiger partial charge in [-0.1, -0.05) is 12.1 Å². The molecule has 1 aliphatic rings. The Labute approximate surface area is 152 Å². The number of nitrogens with one attached hydrogen (secondary N) is 2. The van der Waals surface area contributed by atoms with E-state index in [0.717, 1.165) is 47.7 Å². The summed E-state index contributed by atoms with van der Waals surface area (Å²) >= 11 is 0. The highest BCUT2D eigenvalue weighted by Crippen LogP contribution is 2.34. The lowest BCUT2D eigenvalue weighted by Crippen LogP contribution is -2.25. The van der Waals surface area contributed by atoms with E-state index in [9.17, 15) is 9.18 Å². The Morgan fingerprint density at radius 2 is 1.77 bits per heavy atom. The van der Waals surface area contributed by atoms with Gasteiger partial charge in [0.2, 0.25) is 0 Å². The molecule has 4 heteroatoms. The molecule has 1 aliphatic carbocycles. The molecule has 3 aromatic rings. The van der Waals surface area contributed by atoms with Gasteiger partial charge in [0.25, 0.3) is 5.56 Å². The van der Waals surface area contributed by atoms with Gasteiger partial charge in [0.15, 0.2) is 0 Å². The van der Waals surface area contributed by atoms with Crippen LogP contribution in [-0.2, 0) is 0 Å². The summed E-state index contributed by atoms with van der Waals surface area (Å²) in [5.41, 5.74) is 3.39. The number of rotatable bonds is 3. The lowest BCUT2D eigenvalue weighted by molar-refractivity contribution is 0.412. The maximum Gasteiger partial charge on any atom is 0.255 e. The van der Waals surface area contributed by atoms with Crippen LogP contribution in [0.1, 0.15) is 42.7 Å². The van der Waals surface area contributed by atoms with E-state index in [-0.39, 0.29) is 11.4 Å². The standard InChI is InChI=1S/C22H23FN2O/c1-14-12-20-17(10-11-24-22(20)26)13-21(14)25-19-8-4-16(5-9-19)15-2-6-18(23)7-3-15/h2-3,6-7,10-13,16,19,25H,4-5,8-9H2,1H3,(H,24,26). The van der Waals surface area contributed by atoms with Gasteiger partial charge in [-0.05, 0) is 85.4 Å². The van der Waals surface area contributed by atoms with E-state index >= 15 is 0 Å². The average molecular weight is 350 g/mol. The summed E-state index contributed by atoms with van der Waals surface area (Å²) in [4.78, 5) is 14.7. The van der Waals surface area contributed by atoms with Gasteiger partial charge >= 0.3 is 0 Å². The number of hydrogen-bond donors (Lipinski definition) is 2. The summed E-state index contributed by atoms with van der Waals surface area (Å²) in [5.74, 6) is 0.347. The normalized spacial score (nSPS) is 20.2. The van der Waals surface area contributed by atoms with Crippen molar-refractivity contribution in [1.82, 2.24) is 4.98 Å². The number of aromatic amines is 1. The van der Waals surface area contributed by atoms with Crippen molar-refractivity contribution >= 4 is 16.5 Å². The molecular weight excluding hydrogens is 327 g/mol. The molecule has 26 heavy (non-hydrogen) atoms. The summed E-state index contributed by atoms with van der Waals surface area (Å²) < 4.78 is 13.1. The van der Waals surface area contributed by atoms with Crippen LogP contribution in [0, 0.1) is 12.7 Å². The van der Waals surface area contributed by atoms with Crippen molar-refractivity contribution in [2.45, 2.75) is 44.6 Å². The van der Waals surface area contributed by atoms with Gasteiger partial charge < -0.3 is 10.3 Å². The molecule has 1 heterocycles. The fraction of sp³-hybridized carbons (Fsp3) is 0.318. The Morgan fingerprint density at radius 1 is 1.04 bits per heavy atom. The zero-order chi connectivity index (χ0) is 18.1. The molecule has 1 aromatic heterocycles. The number of fused-ring (bicyclic) bond motifs is 1. The van der Waals surface area contributed by atoms with Gasteiger partial charge in [0, 0.05) is 23.3 Å². The van der Waals surface area contributed by atoms with Crippen molar-refractivity contribution in [1.29, 1.82) is 0 Å². The number of benzene rings is 2. The fourth-order valence-corrected chi connectivity index (χ4v) is 4.03. The predicted molar refractivity (Wildman–Crippen MR) is 104 cm³/mol. The van der Waals surface area contributed by atoms with Gasteiger partial charge in [-0.15, -0.1) is 0 Å². The number of aryl methyl sites for hydroxylation is 1. The highest BCUT2D eigenvalue weighted by molar-refractivity contribution is 5.86. The van der Waals surface area contributed by atoms with Crippen LogP contribution in [0.15, 0.2) is 53.5 Å². The van der Waals surface area contributed by atoms with Gasteiger partial charge in [-0.2, -0.15) is 0 Å². The smallest absolute Gasteiger partial charge is 0.255 e. The van der Waals surface area contributed by atoms with Crippen LogP contribution in [0.3, 0.4) is 0 Å². The van der Waals surface area contributed by atoms with E-state index < -0.39 is 0 Å². The summed E-state index contributed by atoms with van der Waals surface area (Å²) in [7, 11) is 0. The molecule has 0 spiro atoms. The third-order valence-electron chi connectivity index (χ3n) is 5.55. The number of anilines is 1. The topological polar surface area (TPSA) is 44.9 Å². The molecule has 0 unspecified atom stereocenters. The minimum Gasteiger partial charge on any atom is -0.382 e. The molecule has 2 aromatic carbocycles. The fourth-order valence-electron chi connectivity index (χ4n) is 4.03. The first-order valence-electron chi connectivity index (χ1n) is 9.24. The van der Waals surface area contributed by atoms with E-state index in [4.69, 9.17) is 0 Å². The second-order valence-corrected chi connectivity index (χ2v) is 7.31.